The van der Waals surface area contributed by atoms with E-state index in [1.54, 1.807) is 25.1 Å². The molecule has 0 aliphatic rings. The van der Waals surface area contributed by atoms with E-state index < -0.39 is 21.9 Å². The van der Waals surface area contributed by atoms with Crippen LogP contribution in [0.3, 0.4) is 0 Å². The van der Waals surface area contributed by atoms with Crippen molar-refractivity contribution in [1.29, 1.82) is 0 Å². The van der Waals surface area contributed by atoms with Gasteiger partial charge in [0.2, 0.25) is 15.9 Å². The number of aryl methyl sites for hydroxylation is 1. The number of para-hydroxylation sites is 1. The van der Waals surface area contributed by atoms with Crippen molar-refractivity contribution >= 4 is 27.6 Å². The van der Waals surface area contributed by atoms with Crippen LogP contribution in [0, 0.1) is 6.92 Å². The molecular weight excluding hydrogens is 380 g/mol. The number of amides is 1. The summed E-state index contributed by atoms with van der Waals surface area (Å²) in [5, 5.41) is 2.60. The fourth-order valence-electron chi connectivity index (χ4n) is 2.52. The van der Waals surface area contributed by atoms with E-state index in [2.05, 4.69) is 5.32 Å². The molecule has 28 heavy (non-hydrogen) atoms. The van der Waals surface area contributed by atoms with Crippen molar-refractivity contribution in [3.05, 3.63) is 65.2 Å². The molecule has 0 unspecified atom stereocenters. The summed E-state index contributed by atoms with van der Waals surface area (Å²) < 4.78 is 30.3. The number of hydrogen-bond acceptors (Lipinski definition) is 5. The second kappa shape index (κ2) is 9.48. The maximum absolute atomic E-state index is 12.5. The molecule has 2 aromatic rings. The van der Waals surface area contributed by atoms with Gasteiger partial charge >= 0.3 is 5.97 Å². The zero-order valence-electron chi connectivity index (χ0n) is 16.1. The predicted octanol–water partition coefficient (Wildman–Crippen LogP) is 2.57. The summed E-state index contributed by atoms with van der Waals surface area (Å²) in [6.07, 6.45) is 1.06. The quantitative estimate of drug-likeness (QED) is 0.683. The first kappa shape index (κ1) is 21.6. The van der Waals surface area contributed by atoms with Gasteiger partial charge in [-0.3, -0.25) is 4.79 Å². The Hall–Kier alpha value is -2.71. The third kappa shape index (κ3) is 6.17. The lowest BCUT2D eigenvalue weighted by Crippen LogP contribution is -2.37. The van der Waals surface area contributed by atoms with Crippen LogP contribution in [0.4, 0.5) is 5.69 Å². The molecule has 2 rings (SSSR count). The van der Waals surface area contributed by atoms with Crippen LogP contribution in [0.1, 0.15) is 28.4 Å². The van der Waals surface area contributed by atoms with E-state index in [-0.39, 0.29) is 30.9 Å². The second-order valence-corrected chi connectivity index (χ2v) is 8.31. The molecule has 0 aliphatic carbocycles. The molecule has 0 aliphatic heterocycles. The standard InChI is InChI=1S/C20H24N2O5S/c1-4-27-20(24)17-7-5-6-8-18(17)21-19(23)14-22(28(3,25)26)13-16-11-9-15(2)10-12-16/h5-12H,4,13-14H2,1-3H3,(H,21,23). The van der Waals surface area contributed by atoms with Crippen molar-refractivity contribution in [2.45, 2.75) is 20.4 Å². The highest BCUT2D eigenvalue weighted by molar-refractivity contribution is 7.88. The number of hydrogen-bond donors (Lipinski definition) is 1. The Balaban J connectivity index is 2.14. The molecule has 7 nitrogen and oxygen atoms in total. The molecule has 0 saturated carbocycles. The molecule has 0 fully saturated rings. The van der Waals surface area contributed by atoms with E-state index in [1.807, 2.05) is 31.2 Å². The Morgan fingerprint density at radius 3 is 2.32 bits per heavy atom. The largest absolute Gasteiger partial charge is 0.462 e. The lowest BCUT2D eigenvalue weighted by atomic mass is 10.1. The van der Waals surface area contributed by atoms with Gasteiger partial charge in [0.1, 0.15) is 0 Å². The van der Waals surface area contributed by atoms with Gasteiger partial charge in [-0.15, -0.1) is 0 Å². The van der Waals surface area contributed by atoms with Crippen LogP contribution in [0.2, 0.25) is 0 Å². The van der Waals surface area contributed by atoms with Crippen LogP contribution >= 0.6 is 0 Å². The highest BCUT2D eigenvalue weighted by atomic mass is 32.2. The van der Waals surface area contributed by atoms with E-state index >= 15 is 0 Å². The van der Waals surface area contributed by atoms with E-state index in [0.29, 0.717) is 0 Å². The Bertz CT molecular complexity index is 939. The Kier molecular flexibility index (Phi) is 7.31. The van der Waals surface area contributed by atoms with E-state index in [0.717, 1.165) is 21.7 Å². The number of benzene rings is 2. The molecule has 0 heterocycles. The van der Waals surface area contributed by atoms with Gasteiger partial charge in [0, 0.05) is 6.54 Å². The summed E-state index contributed by atoms with van der Waals surface area (Å²) in [5.74, 6) is -1.10. The van der Waals surface area contributed by atoms with Crippen LogP contribution in [0.15, 0.2) is 48.5 Å². The lowest BCUT2D eigenvalue weighted by Gasteiger charge is -2.20. The summed E-state index contributed by atoms with van der Waals surface area (Å²) in [4.78, 5) is 24.5. The number of sulfonamides is 1. The van der Waals surface area contributed by atoms with Crippen LogP contribution < -0.4 is 5.32 Å². The van der Waals surface area contributed by atoms with Crippen molar-refractivity contribution in [2.75, 3.05) is 24.7 Å². The molecule has 0 radical (unpaired) electrons. The van der Waals surface area contributed by atoms with E-state index in [4.69, 9.17) is 4.74 Å². The number of nitrogens with zero attached hydrogens (tertiary/aromatic N) is 1. The van der Waals surface area contributed by atoms with Crippen molar-refractivity contribution in [2.24, 2.45) is 0 Å². The normalized spacial score (nSPS) is 11.3. The van der Waals surface area contributed by atoms with Crippen LogP contribution in [-0.2, 0) is 26.1 Å². The Morgan fingerprint density at radius 2 is 1.71 bits per heavy atom. The SMILES string of the molecule is CCOC(=O)c1ccccc1NC(=O)CN(Cc1ccc(C)cc1)S(C)(=O)=O. The second-order valence-electron chi connectivity index (χ2n) is 6.33. The number of esters is 1. The third-order valence-electron chi connectivity index (χ3n) is 3.97. The minimum absolute atomic E-state index is 0.0755. The van der Waals surface area contributed by atoms with Crippen molar-refractivity contribution in [3.8, 4) is 0 Å². The van der Waals surface area contributed by atoms with Gasteiger partial charge in [0.05, 0.1) is 30.7 Å². The average Bonchev–Trinajstić information content (AvgIpc) is 2.63. The van der Waals surface area contributed by atoms with Gasteiger partial charge in [0.25, 0.3) is 0 Å². The molecule has 0 bridgehead atoms. The van der Waals surface area contributed by atoms with E-state index in [1.165, 1.54) is 6.07 Å². The van der Waals surface area contributed by atoms with Crippen molar-refractivity contribution < 1.29 is 22.7 Å². The summed E-state index contributed by atoms with van der Waals surface area (Å²) in [6.45, 7) is 3.54. The van der Waals surface area contributed by atoms with Gasteiger partial charge in [0.15, 0.2) is 0 Å². The summed E-state index contributed by atoms with van der Waals surface area (Å²) in [5.41, 5.74) is 2.32. The fourth-order valence-corrected chi connectivity index (χ4v) is 3.25. The molecule has 2 aromatic carbocycles. The monoisotopic (exact) mass is 404 g/mol. The molecule has 1 N–H and O–H groups in total. The zero-order chi connectivity index (χ0) is 20.7. The minimum atomic E-state index is -3.61. The lowest BCUT2D eigenvalue weighted by molar-refractivity contribution is -0.116. The first-order valence-electron chi connectivity index (χ1n) is 8.77. The topological polar surface area (TPSA) is 92.8 Å². The molecule has 0 aromatic heterocycles. The van der Waals surface area contributed by atoms with Gasteiger partial charge in [-0.25, -0.2) is 13.2 Å². The van der Waals surface area contributed by atoms with E-state index in [9.17, 15) is 18.0 Å². The summed E-state index contributed by atoms with van der Waals surface area (Å²) >= 11 is 0. The maximum Gasteiger partial charge on any atom is 0.340 e. The predicted molar refractivity (Wildman–Crippen MR) is 107 cm³/mol. The number of nitrogens with one attached hydrogen (secondary N) is 1. The molecule has 0 atom stereocenters. The van der Waals surface area contributed by atoms with Crippen LogP contribution in [0.25, 0.3) is 0 Å². The Morgan fingerprint density at radius 1 is 1.07 bits per heavy atom. The third-order valence-corrected chi connectivity index (χ3v) is 5.16. The molecule has 1 amide bonds. The smallest absolute Gasteiger partial charge is 0.340 e. The summed E-state index contributed by atoms with van der Waals surface area (Å²) in [7, 11) is -3.61. The minimum Gasteiger partial charge on any atom is -0.462 e. The number of ether oxygens (including phenoxy) is 1. The average molecular weight is 404 g/mol. The number of rotatable bonds is 8. The molecule has 0 saturated heterocycles. The Labute approximate surface area is 165 Å². The van der Waals surface area contributed by atoms with Crippen molar-refractivity contribution in [3.63, 3.8) is 0 Å². The number of carbonyl (C=O) groups excluding carboxylic acids is 2. The molecule has 150 valence electrons. The molecule has 8 heteroatoms. The van der Waals surface area contributed by atoms with Crippen LogP contribution in [-0.4, -0.2) is 44.0 Å². The first-order chi connectivity index (χ1) is 13.2. The van der Waals surface area contributed by atoms with Crippen molar-refractivity contribution in [1.82, 2.24) is 4.31 Å². The van der Waals surface area contributed by atoms with Gasteiger partial charge < -0.3 is 10.1 Å². The van der Waals surface area contributed by atoms with Gasteiger partial charge in [-0.05, 0) is 31.5 Å². The molecular formula is C20H24N2O5S. The first-order valence-corrected chi connectivity index (χ1v) is 10.6. The number of anilines is 1. The fraction of sp³-hybridized carbons (Fsp3) is 0.300. The highest BCUT2D eigenvalue weighted by Crippen LogP contribution is 2.17. The highest BCUT2D eigenvalue weighted by Gasteiger charge is 2.22. The maximum atomic E-state index is 12.5. The number of carbonyl (C=O) groups is 2. The summed E-state index contributed by atoms with van der Waals surface area (Å²) in [6, 6.07) is 13.8. The molecule has 0 spiro atoms. The zero-order valence-corrected chi connectivity index (χ0v) is 17.0. The van der Waals surface area contributed by atoms with Gasteiger partial charge in [-0.1, -0.05) is 42.0 Å². The van der Waals surface area contributed by atoms with Gasteiger partial charge in [-0.2, -0.15) is 4.31 Å². The van der Waals surface area contributed by atoms with Crippen LogP contribution in [0.5, 0.6) is 0 Å².